The highest BCUT2D eigenvalue weighted by atomic mass is 16.5. The average molecular weight is 686 g/mol. The summed E-state index contributed by atoms with van der Waals surface area (Å²) < 4.78 is 7.53. The van der Waals surface area contributed by atoms with Crippen molar-refractivity contribution in [1.82, 2.24) is 20.0 Å². The van der Waals surface area contributed by atoms with E-state index in [0.29, 0.717) is 43.8 Å². The number of benzene rings is 2. The van der Waals surface area contributed by atoms with Gasteiger partial charge < -0.3 is 30.1 Å². The number of anilines is 1. The fraction of sp³-hybridized carbons (Fsp3) is 0.538. The minimum absolute atomic E-state index is 0.0481. The smallest absolute Gasteiger partial charge is 0.407 e. The van der Waals surface area contributed by atoms with Crippen LogP contribution in [0.2, 0.25) is 0 Å². The van der Waals surface area contributed by atoms with Crippen molar-refractivity contribution in [3.63, 3.8) is 0 Å². The van der Waals surface area contributed by atoms with Crippen LogP contribution in [0, 0.1) is 24.7 Å². The molecule has 0 aliphatic heterocycles. The van der Waals surface area contributed by atoms with Crippen molar-refractivity contribution in [3.05, 3.63) is 66.0 Å². The monoisotopic (exact) mass is 685 g/mol. The first-order valence-electron chi connectivity index (χ1n) is 18.2. The molecule has 6 rings (SSSR count). The molecule has 0 spiro atoms. The van der Waals surface area contributed by atoms with E-state index in [-0.39, 0.29) is 30.8 Å². The lowest BCUT2D eigenvalue weighted by Crippen LogP contribution is -2.43. The van der Waals surface area contributed by atoms with Gasteiger partial charge in [-0.1, -0.05) is 24.3 Å². The normalized spacial score (nSPS) is 22.0. The zero-order chi connectivity index (χ0) is 35.2. The van der Waals surface area contributed by atoms with E-state index < -0.39 is 12.2 Å². The van der Waals surface area contributed by atoms with Crippen LogP contribution in [0.5, 0.6) is 5.75 Å². The molecular weight excluding hydrogens is 634 g/mol. The zero-order valence-corrected chi connectivity index (χ0v) is 29.3. The first-order valence-corrected chi connectivity index (χ1v) is 18.2. The topological polar surface area (TPSA) is 137 Å². The summed E-state index contributed by atoms with van der Waals surface area (Å²) in [7, 11) is 1.71. The molecule has 0 radical (unpaired) electrons. The number of amides is 3. The molecular formula is C39H51N5O6. The van der Waals surface area contributed by atoms with E-state index in [1.54, 1.807) is 7.11 Å². The standard InChI is InChI=1S/C39H51N5O6/c1-26-20-32(14-17-36(26)50-2)29-10-6-28(7-11-29)24-43(35-5-3-4-31(21-35)33-22-41-44(25-33)34-15-16-34)37(45)30-12-8-27(9-13-30)23-42(39(48)49)19-18-40-38(46)47/h3-5,14,17,20-22,25,27-30,34,40H,6-13,15-16,18-19,23-24H2,1-2H3,(H,46,47)(H,48,49). The Balaban J connectivity index is 1.14. The largest absolute Gasteiger partial charge is 0.496 e. The summed E-state index contributed by atoms with van der Waals surface area (Å²) in [6, 6.07) is 15.4. The average Bonchev–Trinajstić information content (AvgIpc) is 3.86. The number of hydrogen-bond acceptors (Lipinski definition) is 5. The van der Waals surface area contributed by atoms with Crippen molar-refractivity contribution >= 4 is 23.8 Å². The number of ether oxygens (including phenoxy) is 1. The lowest BCUT2D eigenvalue weighted by atomic mass is 9.77. The number of methoxy groups -OCH3 is 1. The van der Waals surface area contributed by atoms with Crippen molar-refractivity contribution in [1.29, 1.82) is 0 Å². The van der Waals surface area contributed by atoms with Gasteiger partial charge in [0.15, 0.2) is 0 Å². The molecule has 1 heterocycles. The molecule has 50 heavy (non-hydrogen) atoms. The third kappa shape index (κ3) is 8.78. The molecule has 0 atom stereocenters. The summed E-state index contributed by atoms with van der Waals surface area (Å²) in [5, 5.41) is 25.4. The van der Waals surface area contributed by atoms with Gasteiger partial charge in [0.1, 0.15) is 5.75 Å². The molecule has 0 bridgehead atoms. The predicted octanol–water partition coefficient (Wildman–Crippen LogP) is 7.56. The van der Waals surface area contributed by atoms with E-state index in [1.807, 2.05) is 17.2 Å². The second-order valence-electron chi connectivity index (χ2n) is 14.6. The fourth-order valence-corrected chi connectivity index (χ4v) is 7.98. The van der Waals surface area contributed by atoms with Crippen LogP contribution in [-0.2, 0) is 4.79 Å². The molecule has 3 aliphatic rings. The molecule has 3 aliphatic carbocycles. The van der Waals surface area contributed by atoms with Gasteiger partial charge in [0.25, 0.3) is 0 Å². The van der Waals surface area contributed by atoms with Crippen LogP contribution in [0.15, 0.2) is 54.9 Å². The number of nitrogens with one attached hydrogen (secondary N) is 1. The number of hydrogen-bond donors (Lipinski definition) is 3. The van der Waals surface area contributed by atoms with E-state index >= 15 is 0 Å². The Hall–Kier alpha value is -4.54. The molecule has 11 heteroatoms. The fourth-order valence-electron chi connectivity index (χ4n) is 7.98. The van der Waals surface area contributed by atoms with E-state index in [1.165, 1.54) is 23.3 Å². The highest BCUT2D eigenvalue weighted by Gasteiger charge is 2.34. The SMILES string of the molecule is COc1ccc(C2CCC(CN(C(=O)C3CCC(CN(CCNC(=O)O)C(=O)O)CC3)c3cccc(-c4cnn(C5CC5)c4)c3)CC2)cc1C. The van der Waals surface area contributed by atoms with E-state index in [4.69, 9.17) is 9.84 Å². The molecule has 268 valence electrons. The van der Waals surface area contributed by atoms with E-state index in [2.05, 4.69) is 64.6 Å². The molecule has 0 unspecified atom stereocenters. The van der Waals surface area contributed by atoms with Gasteiger partial charge in [0, 0.05) is 49.5 Å². The summed E-state index contributed by atoms with van der Waals surface area (Å²) in [6.45, 7) is 3.27. The van der Waals surface area contributed by atoms with Gasteiger partial charge >= 0.3 is 12.2 Å². The van der Waals surface area contributed by atoms with Crippen LogP contribution in [0.4, 0.5) is 15.3 Å². The molecule has 3 amide bonds. The molecule has 3 saturated carbocycles. The first kappa shape index (κ1) is 35.3. The van der Waals surface area contributed by atoms with Crippen molar-refractivity contribution < 1.29 is 29.3 Å². The maximum absolute atomic E-state index is 14.5. The third-order valence-electron chi connectivity index (χ3n) is 11.1. The second-order valence-corrected chi connectivity index (χ2v) is 14.6. The van der Waals surface area contributed by atoms with Crippen LogP contribution in [-0.4, -0.2) is 76.3 Å². The van der Waals surface area contributed by atoms with Crippen molar-refractivity contribution in [2.75, 3.05) is 38.2 Å². The second kappa shape index (κ2) is 16.0. The summed E-state index contributed by atoms with van der Waals surface area (Å²) in [5.41, 5.74) is 5.56. The van der Waals surface area contributed by atoms with Gasteiger partial charge in [-0.2, -0.15) is 5.10 Å². The van der Waals surface area contributed by atoms with Gasteiger partial charge in [-0.05, 0) is 124 Å². The molecule has 1 aromatic heterocycles. The van der Waals surface area contributed by atoms with Crippen molar-refractivity contribution in [2.24, 2.45) is 17.8 Å². The molecule has 2 aromatic carbocycles. The molecule has 3 N–H and O–H groups in total. The number of aromatic nitrogens is 2. The summed E-state index contributed by atoms with van der Waals surface area (Å²) in [4.78, 5) is 40.5. The van der Waals surface area contributed by atoms with Gasteiger partial charge in [0.2, 0.25) is 5.91 Å². The lowest BCUT2D eigenvalue weighted by molar-refractivity contribution is -0.123. The number of carbonyl (C=O) groups is 3. The predicted molar refractivity (Wildman–Crippen MR) is 192 cm³/mol. The van der Waals surface area contributed by atoms with Crippen LogP contribution < -0.4 is 15.0 Å². The maximum atomic E-state index is 14.5. The number of rotatable bonds is 13. The lowest BCUT2D eigenvalue weighted by Gasteiger charge is -2.37. The summed E-state index contributed by atoms with van der Waals surface area (Å²) in [5.74, 6) is 1.99. The van der Waals surface area contributed by atoms with Crippen LogP contribution in [0.25, 0.3) is 11.1 Å². The maximum Gasteiger partial charge on any atom is 0.407 e. The Labute approximate surface area is 294 Å². The van der Waals surface area contributed by atoms with Crippen LogP contribution in [0.3, 0.4) is 0 Å². The summed E-state index contributed by atoms with van der Waals surface area (Å²) >= 11 is 0. The molecule has 3 fully saturated rings. The first-order chi connectivity index (χ1) is 24.2. The summed E-state index contributed by atoms with van der Waals surface area (Å²) in [6.07, 6.45) is 11.4. The Morgan fingerprint density at radius 2 is 1.62 bits per heavy atom. The van der Waals surface area contributed by atoms with Crippen LogP contribution in [0.1, 0.15) is 87.3 Å². The zero-order valence-electron chi connectivity index (χ0n) is 29.3. The van der Waals surface area contributed by atoms with Gasteiger partial charge in [-0.15, -0.1) is 0 Å². The third-order valence-corrected chi connectivity index (χ3v) is 11.1. The Morgan fingerprint density at radius 1 is 0.900 bits per heavy atom. The van der Waals surface area contributed by atoms with Gasteiger partial charge in [0.05, 0.1) is 19.3 Å². The van der Waals surface area contributed by atoms with Crippen LogP contribution >= 0.6 is 0 Å². The minimum Gasteiger partial charge on any atom is -0.496 e. The van der Waals surface area contributed by atoms with E-state index in [9.17, 15) is 19.5 Å². The quantitative estimate of drug-likeness (QED) is 0.169. The van der Waals surface area contributed by atoms with Crippen molar-refractivity contribution in [3.8, 4) is 16.9 Å². The van der Waals surface area contributed by atoms with Gasteiger partial charge in [-0.3, -0.25) is 9.48 Å². The van der Waals surface area contributed by atoms with Gasteiger partial charge in [-0.25, -0.2) is 9.59 Å². The molecule has 0 saturated heterocycles. The van der Waals surface area contributed by atoms with E-state index in [0.717, 1.165) is 66.7 Å². The van der Waals surface area contributed by atoms with Crippen molar-refractivity contribution in [2.45, 2.75) is 83.1 Å². The Morgan fingerprint density at radius 3 is 2.28 bits per heavy atom. The highest BCUT2D eigenvalue weighted by Crippen LogP contribution is 2.40. The number of aryl methyl sites for hydroxylation is 1. The number of nitrogens with zero attached hydrogens (tertiary/aromatic N) is 4. The highest BCUT2D eigenvalue weighted by molar-refractivity contribution is 5.95. The molecule has 3 aromatic rings. The Bertz CT molecular complexity index is 1640. The Kier molecular flexibility index (Phi) is 11.3. The number of carboxylic acid groups (broad SMARTS) is 2. The molecule has 11 nitrogen and oxygen atoms in total. The number of carbonyl (C=O) groups excluding carboxylic acids is 1. The minimum atomic E-state index is -1.17.